The second kappa shape index (κ2) is 6.51. The standard InChI is InChI=1S/C18H23NO4/c1-2-8-20-16-6-4-14-18(16)21-9-7-19(14)11-13-3-5-15-17(10-13)23-12-22-15/h2-3,5,10,14,16,18H,1,4,6-9,11-12H2/t14-,16-,18-/m0/s1. The molecular weight excluding hydrogens is 294 g/mol. The predicted octanol–water partition coefficient (Wildman–Crippen LogP) is 2.35. The minimum Gasteiger partial charge on any atom is -0.454 e. The van der Waals surface area contributed by atoms with Crippen molar-refractivity contribution in [1.29, 1.82) is 0 Å². The van der Waals surface area contributed by atoms with Gasteiger partial charge in [-0.15, -0.1) is 6.58 Å². The van der Waals surface area contributed by atoms with Crippen molar-refractivity contribution in [2.24, 2.45) is 0 Å². The lowest BCUT2D eigenvalue weighted by atomic mass is 10.1. The molecule has 4 rings (SSSR count). The molecule has 2 fully saturated rings. The maximum atomic E-state index is 6.01. The Morgan fingerprint density at radius 1 is 1.26 bits per heavy atom. The lowest BCUT2D eigenvalue weighted by Gasteiger charge is -2.39. The van der Waals surface area contributed by atoms with E-state index in [1.165, 1.54) is 5.56 Å². The highest BCUT2D eigenvalue weighted by molar-refractivity contribution is 5.44. The summed E-state index contributed by atoms with van der Waals surface area (Å²) >= 11 is 0. The van der Waals surface area contributed by atoms with Crippen molar-refractivity contribution in [2.75, 3.05) is 26.6 Å². The summed E-state index contributed by atoms with van der Waals surface area (Å²) in [5.41, 5.74) is 1.25. The van der Waals surface area contributed by atoms with Gasteiger partial charge in [-0.3, -0.25) is 4.90 Å². The number of rotatable bonds is 5. The van der Waals surface area contributed by atoms with Crippen molar-refractivity contribution in [2.45, 2.75) is 37.6 Å². The van der Waals surface area contributed by atoms with Crippen LogP contribution in [-0.4, -0.2) is 49.7 Å². The Balaban J connectivity index is 1.44. The quantitative estimate of drug-likeness (QED) is 0.780. The summed E-state index contributed by atoms with van der Waals surface area (Å²) in [6.07, 6.45) is 4.36. The second-order valence-corrected chi connectivity index (χ2v) is 6.30. The van der Waals surface area contributed by atoms with E-state index in [0.29, 0.717) is 19.4 Å². The van der Waals surface area contributed by atoms with Crippen LogP contribution in [-0.2, 0) is 16.0 Å². The van der Waals surface area contributed by atoms with E-state index < -0.39 is 0 Å². The third-order valence-electron chi connectivity index (χ3n) is 4.90. The van der Waals surface area contributed by atoms with E-state index in [9.17, 15) is 0 Å². The fourth-order valence-corrected chi connectivity index (χ4v) is 3.83. The number of benzene rings is 1. The van der Waals surface area contributed by atoms with Gasteiger partial charge in [0.15, 0.2) is 11.5 Å². The summed E-state index contributed by atoms with van der Waals surface area (Å²) in [6.45, 7) is 7.28. The van der Waals surface area contributed by atoms with Crippen LogP contribution in [0.15, 0.2) is 30.9 Å². The lowest BCUT2D eigenvalue weighted by Crippen LogP contribution is -2.51. The highest BCUT2D eigenvalue weighted by atomic mass is 16.7. The summed E-state index contributed by atoms with van der Waals surface area (Å²) in [5.74, 6) is 1.69. The largest absolute Gasteiger partial charge is 0.454 e. The number of ether oxygens (including phenoxy) is 4. The van der Waals surface area contributed by atoms with Gasteiger partial charge in [-0.1, -0.05) is 12.1 Å². The van der Waals surface area contributed by atoms with E-state index in [-0.39, 0.29) is 12.2 Å². The average molecular weight is 317 g/mol. The highest BCUT2D eigenvalue weighted by Gasteiger charge is 2.43. The molecule has 0 aromatic heterocycles. The third-order valence-corrected chi connectivity index (χ3v) is 4.90. The molecule has 124 valence electrons. The van der Waals surface area contributed by atoms with E-state index >= 15 is 0 Å². The zero-order valence-electron chi connectivity index (χ0n) is 13.3. The molecule has 0 spiro atoms. The van der Waals surface area contributed by atoms with Gasteiger partial charge in [0.1, 0.15) is 0 Å². The van der Waals surface area contributed by atoms with Gasteiger partial charge in [0.2, 0.25) is 6.79 Å². The first-order valence-corrected chi connectivity index (χ1v) is 8.32. The zero-order valence-corrected chi connectivity index (χ0v) is 13.3. The Kier molecular flexibility index (Phi) is 4.25. The van der Waals surface area contributed by atoms with Gasteiger partial charge in [-0.05, 0) is 30.5 Å². The Bertz CT molecular complexity index is 576. The van der Waals surface area contributed by atoms with Gasteiger partial charge in [0, 0.05) is 19.1 Å². The van der Waals surface area contributed by atoms with Crippen LogP contribution in [0.5, 0.6) is 11.5 Å². The number of morpholine rings is 1. The lowest BCUT2D eigenvalue weighted by molar-refractivity contribution is -0.111. The summed E-state index contributed by atoms with van der Waals surface area (Å²) in [5, 5.41) is 0. The summed E-state index contributed by atoms with van der Waals surface area (Å²) < 4.78 is 22.7. The molecule has 1 saturated heterocycles. The fourth-order valence-electron chi connectivity index (χ4n) is 3.83. The van der Waals surface area contributed by atoms with Gasteiger partial charge in [-0.2, -0.15) is 0 Å². The summed E-state index contributed by atoms with van der Waals surface area (Å²) in [6, 6.07) is 6.65. The molecule has 5 heteroatoms. The second-order valence-electron chi connectivity index (χ2n) is 6.30. The van der Waals surface area contributed by atoms with Gasteiger partial charge in [-0.25, -0.2) is 0 Å². The molecule has 1 saturated carbocycles. The topological polar surface area (TPSA) is 40.2 Å². The third kappa shape index (κ3) is 2.96. The molecule has 0 bridgehead atoms. The van der Waals surface area contributed by atoms with Crippen LogP contribution >= 0.6 is 0 Å². The molecule has 5 nitrogen and oxygen atoms in total. The molecular formula is C18H23NO4. The summed E-state index contributed by atoms with van der Waals surface area (Å²) in [4.78, 5) is 2.52. The maximum absolute atomic E-state index is 6.01. The van der Waals surface area contributed by atoms with Gasteiger partial charge in [0.05, 0.1) is 25.4 Å². The van der Waals surface area contributed by atoms with E-state index in [1.54, 1.807) is 6.08 Å². The Labute approximate surface area is 136 Å². The molecule has 3 aliphatic rings. The van der Waals surface area contributed by atoms with Crippen LogP contribution in [0.25, 0.3) is 0 Å². The summed E-state index contributed by atoms with van der Waals surface area (Å²) in [7, 11) is 0. The zero-order chi connectivity index (χ0) is 15.6. The molecule has 0 amide bonds. The first-order valence-electron chi connectivity index (χ1n) is 8.32. The van der Waals surface area contributed by atoms with E-state index in [0.717, 1.165) is 44.0 Å². The molecule has 1 aromatic carbocycles. The molecule has 1 aromatic rings. The van der Waals surface area contributed by atoms with Crippen LogP contribution in [0.2, 0.25) is 0 Å². The molecule has 0 unspecified atom stereocenters. The molecule has 1 aliphatic carbocycles. The number of fused-ring (bicyclic) bond motifs is 2. The van der Waals surface area contributed by atoms with Gasteiger partial charge >= 0.3 is 0 Å². The van der Waals surface area contributed by atoms with Gasteiger partial charge < -0.3 is 18.9 Å². The van der Waals surface area contributed by atoms with Crippen molar-refractivity contribution in [1.82, 2.24) is 4.90 Å². The molecule has 0 radical (unpaired) electrons. The minimum absolute atomic E-state index is 0.178. The van der Waals surface area contributed by atoms with E-state index in [4.69, 9.17) is 18.9 Å². The Hall–Kier alpha value is -1.56. The van der Waals surface area contributed by atoms with Crippen molar-refractivity contribution in [3.05, 3.63) is 36.4 Å². The monoisotopic (exact) mass is 317 g/mol. The fraction of sp³-hybridized carbons (Fsp3) is 0.556. The van der Waals surface area contributed by atoms with E-state index in [1.807, 2.05) is 6.07 Å². The van der Waals surface area contributed by atoms with Crippen LogP contribution in [0.3, 0.4) is 0 Å². The maximum Gasteiger partial charge on any atom is 0.231 e. The van der Waals surface area contributed by atoms with Crippen molar-refractivity contribution in [3.8, 4) is 11.5 Å². The number of hydrogen-bond donors (Lipinski definition) is 0. The normalized spacial score (nSPS) is 29.5. The minimum atomic E-state index is 0.178. The van der Waals surface area contributed by atoms with Crippen LogP contribution in [0.4, 0.5) is 0 Å². The number of hydrogen-bond acceptors (Lipinski definition) is 5. The molecule has 23 heavy (non-hydrogen) atoms. The molecule has 3 atom stereocenters. The van der Waals surface area contributed by atoms with Crippen molar-refractivity contribution >= 4 is 0 Å². The first kappa shape index (κ1) is 15.0. The van der Waals surface area contributed by atoms with Crippen LogP contribution in [0.1, 0.15) is 18.4 Å². The Morgan fingerprint density at radius 3 is 3.09 bits per heavy atom. The molecule has 0 N–H and O–H groups in total. The molecule has 2 aliphatic heterocycles. The Morgan fingerprint density at radius 2 is 2.17 bits per heavy atom. The predicted molar refractivity (Wildman–Crippen MR) is 85.7 cm³/mol. The van der Waals surface area contributed by atoms with Crippen molar-refractivity contribution in [3.63, 3.8) is 0 Å². The number of nitrogens with zero attached hydrogens (tertiary/aromatic N) is 1. The van der Waals surface area contributed by atoms with E-state index in [2.05, 4.69) is 23.6 Å². The average Bonchev–Trinajstić information content (AvgIpc) is 3.19. The first-order chi connectivity index (χ1) is 11.3. The van der Waals surface area contributed by atoms with Gasteiger partial charge in [0.25, 0.3) is 0 Å². The van der Waals surface area contributed by atoms with Crippen LogP contribution < -0.4 is 9.47 Å². The molecule has 2 heterocycles. The highest BCUT2D eigenvalue weighted by Crippen LogP contribution is 2.35. The smallest absolute Gasteiger partial charge is 0.231 e. The van der Waals surface area contributed by atoms with Crippen molar-refractivity contribution < 1.29 is 18.9 Å². The van der Waals surface area contributed by atoms with Crippen LogP contribution in [0, 0.1) is 0 Å². The SMILES string of the molecule is C=CCO[C@H]1CC[C@H]2[C@@H]1OCCN2Cc1ccc2c(c1)OCO2.